The molecule has 0 heterocycles. The molecule has 0 spiro atoms. The number of carbonyl (C=O) groups excluding carboxylic acids is 1. The fourth-order valence-corrected chi connectivity index (χ4v) is 2.04. The molecule has 1 amide bonds. The van der Waals surface area contributed by atoms with Crippen LogP contribution in [0.3, 0.4) is 0 Å². The SMILES string of the molecule is Cc1c(Cl)cccc1C(=O)NC(CO)CC(C)C. The third-order valence-electron chi connectivity index (χ3n) is 2.82. The normalized spacial score (nSPS) is 12.6. The molecule has 0 radical (unpaired) electrons. The Bertz CT molecular complexity index is 418. The summed E-state index contributed by atoms with van der Waals surface area (Å²) in [5.74, 6) is 0.234. The predicted molar refractivity (Wildman–Crippen MR) is 74.0 cm³/mol. The molecule has 2 N–H and O–H groups in total. The van der Waals surface area contributed by atoms with Gasteiger partial charge in [-0.1, -0.05) is 31.5 Å². The summed E-state index contributed by atoms with van der Waals surface area (Å²) in [6, 6.07) is 5.03. The average molecular weight is 270 g/mol. The number of nitrogens with one attached hydrogen (secondary N) is 1. The quantitative estimate of drug-likeness (QED) is 0.864. The molecule has 0 aromatic heterocycles. The van der Waals surface area contributed by atoms with Crippen LogP contribution in [-0.2, 0) is 0 Å². The maximum Gasteiger partial charge on any atom is 0.251 e. The van der Waals surface area contributed by atoms with E-state index in [9.17, 15) is 9.90 Å². The smallest absolute Gasteiger partial charge is 0.251 e. The second-order valence-corrected chi connectivity index (χ2v) is 5.30. The maximum atomic E-state index is 12.1. The van der Waals surface area contributed by atoms with E-state index in [0.717, 1.165) is 12.0 Å². The Hall–Kier alpha value is -1.06. The van der Waals surface area contributed by atoms with Crippen LogP contribution < -0.4 is 5.32 Å². The van der Waals surface area contributed by atoms with Crippen molar-refractivity contribution in [3.63, 3.8) is 0 Å². The van der Waals surface area contributed by atoms with E-state index in [1.807, 2.05) is 6.92 Å². The molecule has 3 nitrogen and oxygen atoms in total. The number of aliphatic hydroxyl groups is 1. The van der Waals surface area contributed by atoms with Gasteiger partial charge >= 0.3 is 0 Å². The number of amides is 1. The lowest BCUT2D eigenvalue weighted by atomic mass is 10.0. The fraction of sp³-hybridized carbons (Fsp3) is 0.500. The molecule has 1 unspecified atom stereocenters. The average Bonchev–Trinajstić information content (AvgIpc) is 2.31. The third-order valence-corrected chi connectivity index (χ3v) is 3.23. The van der Waals surface area contributed by atoms with E-state index in [2.05, 4.69) is 19.2 Å². The van der Waals surface area contributed by atoms with Crippen LogP contribution in [0.1, 0.15) is 36.2 Å². The molecule has 1 atom stereocenters. The van der Waals surface area contributed by atoms with Gasteiger partial charge in [0.25, 0.3) is 5.91 Å². The van der Waals surface area contributed by atoms with Crippen molar-refractivity contribution < 1.29 is 9.90 Å². The Morgan fingerprint density at radius 1 is 1.44 bits per heavy atom. The van der Waals surface area contributed by atoms with Crippen molar-refractivity contribution in [2.75, 3.05) is 6.61 Å². The van der Waals surface area contributed by atoms with Crippen LogP contribution in [0.5, 0.6) is 0 Å². The molecule has 0 fully saturated rings. The van der Waals surface area contributed by atoms with Crippen LogP contribution in [0, 0.1) is 12.8 Å². The molecule has 100 valence electrons. The Labute approximate surface area is 113 Å². The number of rotatable bonds is 5. The van der Waals surface area contributed by atoms with E-state index in [0.29, 0.717) is 16.5 Å². The summed E-state index contributed by atoms with van der Waals surface area (Å²) < 4.78 is 0. The molecular weight excluding hydrogens is 250 g/mol. The Morgan fingerprint density at radius 3 is 2.67 bits per heavy atom. The number of carbonyl (C=O) groups is 1. The lowest BCUT2D eigenvalue weighted by molar-refractivity contribution is 0.0907. The van der Waals surface area contributed by atoms with Gasteiger partial charge < -0.3 is 10.4 Å². The summed E-state index contributed by atoms with van der Waals surface area (Å²) in [6.45, 7) is 5.87. The van der Waals surface area contributed by atoms with Gasteiger partial charge in [-0.15, -0.1) is 0 Å². The van der Waals surface area contributed by atoms with Gasteiger partial charge in [-0.3, -0.25) is 4.79 Å². The molecular formula is C14H20ClNO2. The molecule has 0 saturated carbocycles. The van der Waals surface area contributed by atoms with Crippen LogP contribution in [0.25, 0.3) is 0 Å². The van der Waals surface area contributed by atoms with Crippen molar-refractivity contribution in [2.24, 2.45) is 5.92 Å². The van der Waals surface area contributed by atoms with E-state index in [1.54, 1.807) is 18.2 Å². The second-order valence-electron chi connectivity index (χ2n) is 4.89. The molecule has 4 heteroatoms. The number of hydrogen-bond donors (Lipinski definition) is 2. The van der Waals surface area contributed by atoms with E-state index >= 15 is 0 Å². The van der Waals surface area contributed by atoms with E-state index < -0.39 is 0 Å². The molecule has 1 aromatic carbocycles. The van der Waals surface area contributed by atoms with Crippen molar-refractivity contribution >= 4 is 17.5 Å². The van der Waals surface area contributed by atoms with Gasteiger partial charge in [0, 0.05) is 10.6 Å². The number of aliphatic hydroxyl groups excluding tert-OH is 1. The number of hydrogen-bond acceptors (Lipinski definition) is 2. The Morgan fingerprint density at radius 2 is 2.11 bits per heavy atom. The Kier molecular flexibility index (Phi) is 5.63. The van der Waals surface area contributed by atoms with Crippen LogP contribution in [-0.4, -0.2) is 23.7 Å². The molecule has 18 heavy (non-hydrogen) atoms. The first-order chi connectivity index (χ1) is 8.45. The standard InChI is InChI=1S/C14H20ClNO2/c1-9(2)7-11(8-17)16-14(18)12-5-4-6-13(15)10(12)3/h4-6,9,11,17H,7-8H2,1-3H3,(H,16,18). The molecule has 0 bridgehead atoms. The highest BCUT2D eigenvalue weighted by atomic mass is 35.5. The zero-order chi connectivity index (χ0) is 13.7. The molecule has 1 rings (SSSR count). The van der Waals surface area contributed by atoms with Crippen molar-refractivity contribution in [2.45, 2.75) is 33.2 Å². The first-order valence-corrected chi connectivity index (χ1v) is 6.50. The van der Waals surface area contributed by atoms with Gasteiger partial charge in [-0.05, 0) is 37.0 Å². The van der Waals surface area contributed by atoms with E-state index in [-0.39, 0.29) is 18.6 Å². The summed E-state index contributed by atoms with van der Waals surface area (Å²) in [5, 5.41) is 12.7. The highest BCUT2D eigenvalue weighted by Gasteiger charge is 2.16. The van der Waals surface area contributed by atoms with Gasteiger partial charge in [-0.25, -0.2) is 0 Å². The molecule has 0 aliphatic heterocycles. The first kappa shape index (κ1) is 15.0. The van der Waals surface area contributed by atoms with Gasteiger partial charge in [0.05, 0.1) is 12.6 Å². The molecule has 0 saturated heterocycles. The van der Waals surface area contributed by atoms with Crippen LogP contribution in [0.4, 0.5) is 0 Å². The largest absolute Gasteiger partial charge is 0.394 e. The van der Waals surface area contributed by atoms with Gasteiger partial charge in [0.15, 0.2) is 0 Å². The van der Waals surface area contributed by atoms with E-state index in [1.165, 1.54) is 0 Å². The summed E-state index contributed by atoms with van der Waals surface area (Å²) >= 11 is 5.98. The summed E-state index contributed by atoms with van der Waals surface area (Å²) in [4.78, 5) is 12.1. The lowest BCUT2D eigenvalue weighted by Crippen LogP contribution is -2.38. The van der Waals surface area contributed by atoms with Crippen LogP contribution in [0.2, 0.25) is 5.02 Å². The first-order valence-electron chi connectivity index (χ1n) is 6.12. The summed E-state index contributed by atoms with van der Waals surface area (Å²) in [5.41, 5.74) is 1.32. The van der Waals surface area contributed by atoms with E-state index in [4.69, 9.17) is 11.6 Å². The second kappa shape index (κ2) is 6.76. The summed E-state index contributed by atoms with van der Waals surface area (Å²) in [6.07, 6.45) is 0.752. The van der Waals surface area contributed by atoms with Crippen molar-refractivity contribution in [3.05, 3.63) is 34.3 Å². The van der Waals surface area contributed by atoms with Gasteiger partial charge in [0.1, 0.15) is 0 Å². The minimum atomic E-state index is -0.212. The lowest BCUT2D eigenvalue weighted by Gasteiger charge is -2.19. The van der Waals surface area contributed by atoms with Crippen molar-refractivity contribution in [3.8, 4) is 0 Å². The molecule has 0 aliphatic rings. The maximum absolute atomic E-state index is 12.1. The number of halogens is 1. The molecule has 0 aliphatic carbocycles. The fourth-order valence-electron chi connectivity index (χ4n) is 1.86. The minimum Gasteiger partial charge on any atom is -0.394 e. The zero-order valence-electron chi connectivity index (χ0n) is 11.0. The van der Waals surface area contributed by atoms with Gasteiger partial charge in [-0.2, -0.15) is 0 Å². The Balaban J connectivity index is 2.78. The molecule has 1 aromatic rings. The minimum absolute atomic E-state index is 0.0521. The topological polar surface area (TPSA) is 49.3 Å². The van der Waals surface area contributed by atoms with Crippen molar-refractivity contribution in [1.29, 1.82) is 0 Å². The van der Waals surface area contributed by atoms with Crippen LogP contribution in [0.15, 0.2) is 18.2 Å². The zero-order valence-corrected chi connectivity index (χ0v) is 11.8. The third kappa shape index (κ3) is 4.00. The van der Waals surface area contributed by atoms with Crippen LogP contribution >= 0.6 is 11.6 Å². The highest BCUT2D eigenvalue weighted by Crippen LogP contribution is 2.18. The summed E-state index contributed by atoms with van der Waals surface area (Å²) in [7, 11) is 0. The monoisotopic (exact) mass is 269 g/mol. The highest BCUT2D eigenvalue weighted by molar-refractivity contribution is 6.31. The van der Waals surface area contributed by atoms with Gasteiger partial charge in [0.2, 0.25) is 0 Å². The van der Waals surface area contributed by atoms with Crippen molar-refractivity contribution in [1.82, 2.24) is 5.32 Å². The predicted octanol–water partition coefficient (Wildman–Crippen LogP) is 2.79. The number of benzene rings is 1.